The van der Waals surface area contributed by atoms with E-state index in [9.17, 15) is 13.2 Å². The number of halogens is 1. The zero-order chi connectivity index (χ0) is 15.5. The number of rotatable bonds is 6. The minimum Gasteiger partial charge on any atom is -0.351 e. The van der Waals surface area contributed by atoms with Crippen LogP contribution in [0, 0.1) is 5.92 Å². The molecule has 1 aromatic rings. The van der Waals surface area contributed by atoms with Crippen LogP contribution in [0.1, 0.15) is 56.2 Å². The third kappa shape index (κ3) is 4.21. The number of carbonyl (C=O) groups is 1. The Labute approximate surface area is 123 Å². The van der Waals surface area contributed by atoms with E-state index in [2.05, 4.69) is 15.5 Å². The molecule has 0 spiro atoms. The summed E-state index contributed by atoms with van der Waals surface area (Å²) < 4.78 is 23.3. The number of nitrogens with zero attached hydrogens (tertiary/aromatic N) is 1. The molecule has 0 atom stereocenters. The van der Waals surface area contributed by atoms with Crippen molar-refractivity contribution in [2.75, 3.05) is 6.54 Å². The quantitative estimate of drug-likeness (QED) is 0.786. The van der Waals surface area contributed by atoms with Crippen molar-refractivity contribution in [1.82, 2.24) is 15.5 Å². The summed E-state index contributed by atoms with van der Waals surface area (Å²) in [7, 11) is 1.38. The van der Waals surface area contributed by atoms with E-state index in [0.717, 1.165) is 6.42 Å². The maximum Gasteiger partial charge on any atom is 0.273 e. The van der Waals surface area contributed by atoms with E-state index < -0.39 is 15.0 Å². The van der Waals surface area contributed by atoms with Gasteiger partial charge in [-0.25, -0.2) is 8.42 Å². The van der Waals surface area contributed by atoms with Gasteiger partial charge >= 0.3 is 0 Å². The van der Waals surface area contributed by atoms with Gasteiger partial charge < -0.3 is 5.32 Å². The Balaban J connectivity index is 3.04. The van der Waals surface area contributed by atoms with Crippen LogP contribution >= 0.6 is 10.7 Å². The van der Waals surface area contributed by atoms with Crippen molar-refractivity contribution in [3.8, 4) is 0 Å². The molecule has 6 nitrogen and oxygen atoms in total. The lowest BCUT2D eigenvalue weighted by molar-refractivity contribution is 0.0943. The summed E-state index contributed by atoms with van der Waals surface area (Å²) in [4.78, 5) is 11.8. The normalized spacial score (nSPS) is 12.2. The largest absolute Gasteiger partial charge is 0.351 e. The van der Waals surface area contributed by atoms with Crippen molar-refractivity contribution in [3.63, 3.8) is 0 Å². The van der Waals surface area contributed by atoms with Crippen molar-refractivity contribution in [1.29, 1.82) is 0 Å². The van der Waals surface area contributed by atoms with Crippen LogP contribution in [-0.2, 0) is 9.05 Å². The molecule has 0 unspecified atom stereocenters. The molecule has 8 heteroatoms. The van der Waals surface area contributed by atoms with E-state index in [0.29, 0.717) is 18.2 Å². The Bertz CT molecular complexity index is 579. The first-order valence-electron chi connectivity index (χ1n) is 6.45. The molecule has 2 N–H and O–H groups in total. The second-order valence-corrected chi connectivity index (χ2v) is 7.85. The third-order valence-corrected chi connectivity index (χ3v) is 4.16. The number of H-pyrrole nitrogens is 1. The molecule has 0 saturated carbocycles. The first-order valence-corrected chi connectivity index (χ1v) is 8.76. The van der Waals surface area contributed by atoms with Crippen LogP contribution in [0.2, 0.25) is 0 Å². The van der Waals surface area contributed by atoms with Crippen LogP contribution in [0.4, 0.5) is 0 Å². The predicted molar refractivity (Wildman–Crippen MR) is 77.5 cm³/mol. The fourth-order valence-corrected chi connectivity index (χ4v) is 3.08. The number of amides is 1. The van der Waals surface area contributed by atoms with E-state index in [1.54, 1.807) is 13.8 Å². The van der Waals surface area contributed by atoms with Crippen molar-refractivity contribution >= 4 is 25.6 Å². The highest BCUT2D eigenvalue weighted by atomic mass is 35.7. The van der Waals surface area contributed by atoms with Crippen LogP contribution in [0.3, 0.4) is 0 Å². The van der Waals surface area contributed by atoms with Gasteiger partial charge in [0, 0.05) is 17.2 Å². The van der Waals surface area contributed by atoms with Gasteiger partial charge in [0.2, 0.25) is 0 Å². The standard InChI is InChI=1S/C12H20ClN3O3S/c1-7(2)5-6-14-12(17)10-11(20(13,18)19)9(8(3)4)15-16-10/h7-8H,5-6H2,1-4H3,(H,14,17)(H,15,16). The van der Waals surface area contributed by atoms with Gasteiger partial charge in [-0.3, -0.25) is 9.89 Å². The number of nitrogens with one attached hydrogen (secondary N) is 2. The molecule has 1 amide bonds. The van der Waals surface area contributed by atoms with Crippen molar-refractivity contribution < 1.29 is 13.2 Å². The summed E-state index contributed by atoms with van der Waals surface area (Å²) in [6.45, 7) is 8.11. The van der Waals surface area contributed by atoms with Crippen molar-refractivity contribution in [2.45, 2.75) is 44.9 Å². The van der Waals surface area contributed by atoms with Gasteiger partial charge in [0.1, 0.15) is 4.90 Å². The maximum absolute atomic E-state index is 12.0. The zero-order valence-electron chi connectivity index (χ0n) is 12.0. The van der Waals surface area contributed by atoms with Gasteiger partial charge in [-0.15, -0.1) is 0 Å². The smallest absolute Gasteiger partial charge is 0.273 e. The topological polar surface area (TPSA) is 91.9 Å². The molecule has 1 rings (SSSR count). The molecule has 0 aliphatic carbocycles. The molecule has 20 heavy (non-hydrogen) atoms. The third-order valence-electron chi connectivity index (χ3n) is 2.79. The lowest BCUT2D eigenvalue weighted by Gasteiger charge is -2.07. The molecule has 0 radical (unpaired) electrons. The summed E-state index contributed by atoms with van der Waals surface area (Å²) in [5, 5.41) is 9.04. The van der Waals surface area contributed by atoms with Gasteiger partial charge in [0.05, 0.1) is 5.69 Å². The average Bonchev–Trinajstić information content (AvgIpc) is 2.72. The SMILES string of the molecule is CC(C)CCNC(=O)c1n[nH]c(C(C)C)c1S(=O)(=O)Cl. The van der Waals surface area contributed by atoms with E-state index in [1.807, 2.05) is 13.8 Å². The summed E-state index contributed by atoms with van der Waals surface area (Å²) in [6.07, 6.45) is 0.802. The molecule has 0 bridgehead atoms. The summed E-state index contributed by atoms with van der Waals surface area (Å²) in [5.74, 6) is -0.229. The van der Waals surface area contributed by atoms with Gasteiger partial charge in [-0.2, -0.15) is 5.10 Å². The molecule has 0 aliphatic heterocycles. The van der Waals surface area contributed by atoms with Gasteiger partial charge in [0.15, 0.2) is 5.69 Å². The minimum atomic E-state index is -4.03. The highest BCUT2D eigenvalue weighted by Gasteiger charge is 2.29. The first-order chi connectivity index (χ1) is 9.14. The van der Waals surface area contributed by atoms with Crippen LogP contribution in [-0.4, -0.2) is 31.1 Å². The second-order valence-electron chi connectivity index (χ2n) is 5.35. The van der Waals surface area contributed by atoms with Crippen LogP contribution < -0.4 is 5.32 Å². The molecule has 1 aromatic heterocycles. The number of hydrogen-bond donors (Lipinski definition) is 2. The monoisotopic (exact) mass is 321 g/mol. The number of carbonyl (C=O) groups excluding carboxylic acids is 1. The van der Waals surface area contributed by atoms with Gasteiger partial charge in [-0.1, -0.05) is 27.7 Å². The van der Waals surface area contributed by atoms with E-state index >= 15 is 0 Å². The fraction of sp³-hybridized carbons (Fsp3) is 0.667. The second kappa shape index (κ2) is 6.58. The molecular formula is C12H20ClN3O3S. The summed E-state index contributed by atoms with van der Waals surface area (Å²) in [5.41, 5.74) is 0.168. The lowest BCUT2D eigenvalue weighted by atomic mass is 10.1. The van der Waals surface area contributed by atoms with Crippen LogP contribution in [0.5, 0.6) is 0 Å². The molecular weight excluding hydrogens is 302 g/mol. The molecule has 0 saturated heterocycles. The highest BCUT2D eigenvalue weighted by molar-refractivity contribution is 8.13. The van der Waals surface area contributed by atoms with E-state index in [-0.39, 0.29) is 16.5 Å². The number of aromatic nitrogens is 2. The Hall–Kier alpha value is -1.08. The maximum atomic E-state index is 12.0. The number of hydrogen-bond acceptors (Lipinski definition) is 4. The predicted octanol–water partition coefficient (Wildman–Crippen LogP) is 2.24. The van der Waals surface area contributed by atoms with Crippen LogP contribution in [0.15, 0.2) is 4.90 Å². The summed E-state index contributed by atoms with van der Waals surface area (Å²) >= 11 is 0. The Kier molecular flexibility index (Phi) is 5.59. The fourth-order valence-electron chi connectivity index (χ4n) is 1.70. The molecule has 0 aromatic carbocycles. The van der Waals surface area contributed by atoms with Crippen molar-refractivity contribution in [2.24, 2.45) is 5.92 Å². The average molecular weight is 322 g/mol. The Morgan fingerprint density at radius 3 is 2.40 bits per heavy atom. The minimum absolute atomic E-state index is 0.136. The molecule has 1 heterocycles. The summed E-state index contributed by atoms with van der Waals surface area (Å²) in [6, 6.07) is 0. The lowest BCUT2D eigenvalue weighted by Crippen LogP contribution is -2.26. The Morgan fingerprint density at radius 1 is 1.35 bits per heavy atom. The Morgan fingerprint density at radius 2 is 1.95 bits per heavy atom. The number of aromatic amines is 1. The van der Waals surface area contributed by atoms with E-state index in [4.69, 9.17) is 10.7 Å². The van der Waals surface area contributed by atoms with Crippen LogP contribution in [0.25, 0.3) is 0 Å². The van der Waals surface area contributed by atoms with E-state index in [1.165, 1.54) is 0 Å². The first kappa shape index (κ1) is 17.0. The van der Waals surface area contributed by atoms with Gasteiger partial charge in [0.25, 0.3) is 15.0 Å². The molecule has 114 valence electrons. The van der Waals surface area contributed by atoms with Gasteiger partial charge in [-0.05, 0) is 18.3 Å². The molecule has 0 aliphatic rings. The zero-order valence-corrected chi connectivity index (χ0v) is 13.6. The molecule has 0 fully saturated rings. The van der Waals surface area contributed by atoms with Crippen molar-refractivity contribution in [3.05, 3.63) is 11.4 Å². The highest BCUT2D eigenvalue weighted by Crippen LogP contribution is 2.27.